The predicted octanol–water partition coefficient (Wildman–Crippen LogP) is 2.28. The molecule has 0 atom stereocenters. The second-order valence-corrected chi connectivity index (χ2v) is 3.48. The van der Waals surface area contributed by atoms with E-state index in [4.69, 9.17) is 0 Å². The fraction of sp³-hybridized carbons (Fsp3) is 0.333. The van der Waals surface area contributed by atoms with Crippen LogP contribution >= 0.6 is 0 Å². The Morgan fingerprint density at radius 1 is 1.29 bits per heavy atom. The third kappa shape index (κ3) is 2.25. The molecule has 0 bridgehead atoms. The van der Waals surface area contributed by atoms with Crippen LogP contribution in [-0.4, -0.2) is 18.8 Å². The molecular weight excluding hydrogens is 179 g/mol. The minimum Gasteiger partial charge on any atom is -0.418 e. The Morgan fingerprint density at radius 2 is 1.79 bits per heavy atom. The average Bonchev–Trinajstić information content (AvgIpc) is 2.16. The first-order valence-electron chi connectivity index (χ1n) is 4.49. The summed E-state index contributed by atoms with van der Waals surface area (Å²) in [4.78, 5) is 12.1. The highest BCUT2D eigenvalue weighted by atomic mass is 16.6. The van der Waals surface area contributed by atoms with Crippen LogP contribution in [0.15, 0.2) is 24.3 Å². The van der Waals surface area contributed by atoms with Gasteiger partial charge in [-0.3, -0.25) is 10.1 Å². The van der Waals surface area contributed by atoms with E-state index in [9.17, 15) is 10.1 Å². The van der Waals surface area contributed by atoms with Crippen LogP contribution in [-0.2, 0) is 0 Å². The number of hydrogen-bond acceptors (Lipinski definition) is 3. The zero-order valence-corrected chi connectivity index (χ0v) is 8.60. The lowest BCUT2D eigenvalue weighted by atomic mass is 9.66. The number of hydrogen-bond donors (Lipinski definition) is 0. The lowest BCUT2D eigenvalue weighted by Gasteiger charge is -2.21. The molecule has 0 saturated carbocycles. The van der Waals surface area contributed by atoms with Gasteiger partial charge in [-0.25, -0.2) is 0 Å². The summed E-state index contributed by atoms with van der Waals surface area (Å²) in [6, 6.07) is 6.57. The predicted molar refractivity (Wildman–Crippen MR) is 59.0 cm³/mol. The maximum absolute atomic E-state index is 10.4. The Morgan fingerprint density at radius 3 is 2.14 bits per heavy atom. The summed E-state index contributed by atoms with van der Waals surface area (Å²) >= 11 is 0. The Kier molecular flexibility index (Phi) is 3.12. The fourth-order valence-corrected chi connectivity index (χ4v) is 1.11. The molecule has 1 rings (SSSR count). The maximum Gasteiger partial charge on any atom is 0.269 e. The molecule has 74 valence electrons. The second-order valence-electron chi connectivity index (χ2n) is 3.48. The summed E-state index contributed by atoms with van der Waals surface area (Å²) in [7, 11) is 1.96. The number of non-ortho nitro benzene ring substituents is 1. The van der Waals surface area contributed by atoms with E-state index in [0.717, 1.165) is 5.69 Å². The molecule has 0 unspecified atom stereocenters. The standard InChI is InChI=1S/C9H13BN2O2/c1-10(2)11(3)8-4-6-9(7-5-8)12(13)14/h4-7H,1-3H3. The van der Waals surface area contributed by atoms with Gasteiger partial charge in [-0.15, -0.1) is 0 Å². The first-order chi connectivity index (χ1) is 6.52. The minimum atomic E-state index is -0.390. The van der Waals surface area contributed by atoms with Gasteiger partial charge in [-0.05, 0) is 19.2 Å². The summed E-state index contributed by atoms with van der Waals surface area (Å²) in [5.74, 6) is 0. The van der Waals surface area contributed by atoms with Crippen LogP contribution in [0.25, 0.3) is 0 Å². The highest BCUT2D eigenvalue weighted by Crippen LogP contribution is 2.18. The summed E-state index contributed by atoms with van der Waals surface area (Å²) < 4.78 is 0. The molecule has 0 aromatic heterocycles. The van der Waals surface area contributed by atoms with Crippen LogP contribution in [0, 0.1) is 10.1 Å². The Bertz CT molecular complexity index is 324. The molecule has 0 saturated heterocycles. The van der Waals surface area contributed by atoms with E-state index in [1.807, 2.05) is 7.05 Å². The van der Waals surface area contributed by atoms with Crippen molar-refractivity contribution < 1.29 is 4.92 Å². The highest BCUT2D eigenvalue weighted by Gasteiger charge is 2.10. The van der Waals surface area contributed by atoms with Crippen molar-refractivity contribution >= 4 is 18.2 Å². The van der Waals surface area contributed by atoms with Crippen LogP contribution in [0.5, 0.6) is 0 Å². The molecule has 0 heterocycles. The van der Waals surface area contributed by atoms with Crippen molar-refractivity contribution in [1.82, 2.24) is 0 Å². The highest BCUT2D eigenvalue weighted by molar-refractivity contribution is 6.60. The number of nitrogens with zero attached hydrogens (tertiary/aromatic N) is 2. The van der Waals surface area contributed by atoms with Gasteiger partial charge in [0.2, 0.25) is 6.85 Å². The van der Waals surface area contributed by atoms with Crippen LogP contribution < -0.4 is 4.81 Å². The topological polar surface area (TPSA) is 46.4 Å². The van der Waals surface area contributed by atoms with E-state index in [1.165, 1.54) is 12.1 Å². The van der Waals surface area contributed by atoms with Crippen LogP contribution in [0.4, 0.5) is 11.4 Å². The molecule has 0 amide bonds. The fourth-order valence-electron chi connectivity index (χ4n) is 1.11. The molecule has 0 N–H and O–H groups in total. The van der Waals surface area contributed by atoms with E-state index in [1.54, 1.807) is 12.1 Å². The molecule has 4 nitrogen and oxygen atoms in total. The van der Waals surface area contributed by atoms with E-state index >= 15 is 0 Å². The monoisotopic (exact) mass is 192 g/mol. The van der Waals surface area contributed by atoms with E-state index in [-0.39, 0.29) is 10.6 Å². The van der Waals surface area contributed by atoms with E-state index < -0.39 is 0 Å². The molecule has 14 heavy (non-hydrogen) atoms. The lowest BCUT2D eigenvalue weighted by Crippen LogP contribution is -2.29. The number of anilines is 1. The van der Waals surface area contributed by atoms with Crippen molar-refractivity contribution in [2.24, 2.45) is 0 Å². The first-order valence-corrected chi connectivity index (χ1v) is 4.49. The number of nitro groups is 1. The normalized spacial score (nSPS) is 9.64. The van der Waals surface area contributed by atoms with Crippen molar-refractivity contribution in [3.8, 4) is 0 Å². The van der Waals surface area contributed by atoms with Gasteiger partial charge in [0.1, 0.15) is 0 Å². The molecule has 0 radical (unpaired) electrons. The zero-order chi connectivity index (χ0) is 10.7. The molecule has 0 spiro atoms. The van der Waals surface area contributed by atoms with Crippen molar-refractivity contribution in [3.63, 3.8) is 0 Å². The zero-order valence-electron chi connectivity index (χ0n) is 8.60. The van der Waals surface area contributed by atoms with Crippen molar-refractivity contribution in [3.05, 3.63) is 34.4 Å². The summed E-state index contributed by atoms with van der Waals surface area (Å²) in [5.41, 5.74) is 1.12. The Balaban J connectivity index is 2.88. The third-order valence-corrected chi connectivity index (χ3v) is 2.24. The van der Waals surface area contributed by atoms with Crippen LogP contribution in [0.1, 0.15) is 0 Å². The van der Waals surface area contributed by atoms with Gasteiger partial charge < -0.3 is 4.81 Å². The quantitative estimate of drug-likeness (QED) is 0.419. The lowest BCUT2D eigenvalue weighted by molar-refractivity contribution is -0.384. The van der Waals surface area contributed by atoms with E-state index in [2.05, 4.69) is 18.5 Å². The molecule has 0 aliphatic heterocycles. The molecule has 0 fully saturated rings. The maximum atomic E-state index is 10.4. The Hall–Kier alpha value is -1.52. The van der Waals surface area contributed by atoms with Gasteiger partial charge in [0.15, 0.2) is 0 Å². The van der Waals surface area contributed by atoms with Crippen molar-refractivity contribution in [1.29, 1.82) is 0 Å². The Labute approximate surface area is 83.8 Å². The third-order valence-electron chi connectivity index (χ3n) is 2.24. The van der Waals surface area contributed by atoms with Gasteiger partial charge >= 0.3 is 0 Å². The molecule has 0 aliphatic rings. The molecule has 1 aromatic rings. The summed E-state index contributed by atoms with van der Waals surface area (Å²) in [6.07, 6.45) is 0. The molecule has 0 aliphatic carbocycles. The van der Waals surface area contributed by atoms with E-state index in [0.29, 0.717) is 6.85 Å². The van der Waals surface area contributed by atoms with Crippen molar-refractivity contribution in [2.45, 2.75) is 13.6 Å². The number of benzene rings is 1. The van der Waals surface area contributed by atoms with Gasteiger partial charge in [-0.1, -0.05) is 13.6 Å². The minimum absolute atomic E-state index is 0.130. The van der Waals surface area contributed by atoms with Gasteiger partial charge in [0, 0.05) is 17.8 Å². The SMILES string of the molecule is CB(C)N(C)c1ccc([N+](=O)[O-])cc1. The number of nitro benzene ring substituents is 1. The van der Waals surface area contributed by atoms with Gasteiger partial charge in [-0.2, -0.15) is 0 Å². The average molecular weight is 192 g/mol. The van der Waals surface area contributed by atoms with Gasteiger partial charge in [0.25, 0.3) is 5.69 Å². The second kappa shape index (κ2) is 4.13. The van der Waals surface area contributed by atoms with Crippen LogP contribution in [0.3, 0.4) is 0 Å². The largest absolute Gasteiger partial charge is 0.418 e. The molecule has 1 aromatic carbocycles. The van der Waals surface area contributed by atoms with Gasteiger partial charge in [0.05, 0.1) is 4.92 Å². The summed E-state index contributed by atoms with van der Waals surface area (Å²) in [6.45, 7) is 4.53. The van der Waals surface area contributed by atoms with Crippen LogP contribution in [0.2, 0.25) is 13.6 Å². The molecule has 5 heteroatoms. The smallest absolute Gasteiger partial charge is 0.269 e. The molecular formula is C9H13BN2O2. The first kappa shape index (κ1) is 10.6. The number of rotatable bonds is 3. The van der Waals surface area contributed by atoms with Crippen molar-refractivity contribution in [2.75, 3.05) is 11.9 Å². The summed E-state index contributed by atoms with van der Waals surface area (Å²) in [5, 5.41) is 10.4.